The van der Waals surface area contributed by atoms with Crippen LogP contribution in [0.2, 0.25) is 10.4 Å². The largest absolute Gasteiger partial charge is 0.349 e. The van der Waals surface area contributed by atoms with Crippen molar-refractivity contribution in [1.82, 2.24) is 15.2 Å². The first-order valence-corrected chi connectivity index (χ1v) is 6.48. The molecule has 2 fully saturated rings. The summed E-state index contributed by atoms with van der Waals surface area (Å²) in [7, 11) is 0. The average Bonchev–Trinajstić information content (AvgIpc) is 2.83. The van der Waals surface area contributed by atoms with Gasteiger partial charge in [-0.3, -0.25) is 0 Å². The maximum absolute atomic E-state index is 5.97. The van der Waals surface area contributed by atoms with Gasteiger partial charge in [0.15, 0.2) is 11.0 Å². The highest BCUT2D eigenvalue weighted by molar-refractivity contribution is 8.00. The van der Waals surface area contributed by atoms with E-state index in [2.05, 4.69) is 20.1 Å². The van der Waals surface area contributed by atoms with Gasteiger partial charge < -0.3 is 4.90 Å². The molecule has 2 bridgehead atoms. The summed E-state index contributed by atoms with van der Waals surface area (Å²) in [6.45, 7) is 0.990. The van der Waals surface area contributed by atoms with Gasteiger partial charge in [0.2, 0.25) is 5.28 Å². The lowest BCUT2D eigenvalue weighted by Crippen LogP contribution is -2.35. The molecule has 3 rings (SSSR count). The van der Waals surface area contributed by atoms with Crippen molar-refractivity contribution in [1.29, 1.82) is 0 Å². The third kappa shape index (κ3) is 1.66. The van der Waals surface area contributed by atoms with Crippen LogP contribution in [0, 0.1) is 0 Å². The van der Waals surface area contributed by atoms with Crippen LogP contribution in [-0.4, -0.2) is 38.8 Å². The molecule has 2 atom stereocenters. The molecule has 0 saturated carbocycles. The van der Waals surface area contributed by atoms with Crippen molar-refractivity contribution in [2.24, 2.45) is 0 Å². The molecular formula is C8H8Cl2N4S. The van der Waals surface area contributed by atoms with Crippen LogP contribution in [0.5, 0.6) is 0 Å². The number of hydrogen-bond donors (Lipinski definition) is 0. The molecule has 0 aromatic carbocycles. The van der Waals surface area contributed by atoms with Crippen molar-refractivity contribution < 1.29 is 0 Å². The maximum atomic E-state index is 5.97. The van der Waals surface area contributed by atoms with Crippen LogP contribution in [0.4, 0.5) is 5.82 Å². The highest BCUT2D eigenvalue weighted by Gasteiger charge is 2.40. The second-order valence-electron chi connectivity index (χ2n) is 3.69. The molecule has 1 aromatic heterocycles. The molecule has 0 amide bonds. The Kier molecular flexibility index (Phi) is 2.41. The quantitative estimate of drug-likeness (QED) is 0.773. The van der Waals surface area contributed by atoms with E-state index in [4.69, 9.17) is 23.2 Å². The predicted molar refractivity (Wildman–Crippen MR) is 61.8 cm³/mol. The average molecular weight is 263 g/mol. The zero-order chi connectivity index (χ0) is 10.4. The molecule has 2 aliphatic rings. The van der Waals surface area contributed by atoms with E-state index >= 15 is 0 Å². The lowest BCUT2D eigenvalue weighted by molar-refractivity contribution is 0.744. The second kappa shape index (κ2) is 3.64. The van der Waals surface area contributed by atoms with Gasteiger partial charge in [-0.15, -0.1) is 10.2 Å². The Hall–Kier alpha value is -0.260. The third-order valence-electron chi connectivity index (χ3n) is 2.78. The van der Waals surface area contributed by atoms with Crippen LogP contribution in [0.15, 0.2) is 0 Å². The Morgan fingerprint density at radius 3 is 2.87 bits per heavy atom. The van der Waals surface area contributed by atoms with E-state index in [0.717, 1.165) is 12.3 Å². The van der Waals surface area contributed by atoms with E-state index in [1.54, 1.807) is 0 Å². The molecule has 1 aromatic rings. The minimum Gasteiger partial charge on any atom is -0.349 e. The van der Waals surface area contributed by atoms with E-state index in [1.807, 2.05) is 11.8 Å². The summed E-state index contributed by atoms with van der Waals surface area (Å²) in [6.07, 6.45) is 1.21. The summed E-state index contributed by atoms with van der Waals surface area (Å²) >= 11 is 13.7. The number of halogens is 2. The third-order valence-corrected chi connectivity index (χ3v) is 4.57. The van der Waals surface area contributed by atoms with Gasteiger partial charge in [-0.05, 0) is 18.0 Å². The van der Waals surface area contributed by atoms with E-state index in [1.165, 1.54) is 6.42 Å². The molecule has 0 radical (unpaired) electrons. The molecule has 0 aliphatic carbocycles. The van der Waals surface area contributed by atoms with Gasteiger partial charge >= 0.3 is 0 Å². The summed E-state index contributed by atoms with van der Waals surface area (Å²) in [5, 5.41) is 8.60. The summed E-state index contributed by atoms with van der Waals surface area (Å²) in [6, 6.07) is 0.533. The number of nitrogens with zero attached hydrogens (tertiary/aromatic N) is 4. The lowest BCUT2D eigenvalue weighted by Gasteiger charge is -2.27. The smallest absolute Gasteiger partial charge is 0.245 e. The Labute approximate surface area is 101 Å². The Morgan fingerprint density at radius 2 is 2.20 bits per heavy atom. The van der Waals surface area contributed by atoms with Crippen molar-refractivity contribution in [2.75, 3.05) is 17.2 Å². The SMILES string of the molecule is Clc1nnc(Cl)c(N2CC3CC2CS3)n1. The first kappa shape index (κ1) is 9.93. The first-order valence-electron chi connectivity index (χ1n) is 4.68. The maximum Gasteiger partial charge on any atom is 0.245 e. The number of fused-ring (bicyclic) bond motifs is 2. The van der Waals surface area contributed by atoms with Crippen molar-refractivity contribution in [3.8, 4) is 0 Å². The minimum atomic E-state index is 0.157. The molecule has 7 heteroatoms. The van der Waals surface area contributed by atoms with Crippen LogP contribution < -0.4 is 4.90 Å². The Bertz CT molecular complexity index is 402. The highest BCUT2D eigenvalue weighted by Crippen LogP contribution is 2.40. The van der Waals surface area contributed by atoms with Gasteiger partial charge in [0, 0.05) is 23.6 Å². The first-order chi connectivity index (χ1) is 7.24. The van der Waals surface area contributed by atoms with Crippen molar-refractivity contribution in [3.63, 3.8) is 0 Å². The highest BCUT2D eigenvalue weighted by atomic mass is 35.5. The molecule has 2 saturated heterocycles. The number of rotatable bonds is 1. The van der Waals surface area contributed by atoms with Gasteiger partial charge in [-0.25, -0.2) is 0 Å². The molecule has 2 unspecified atom stereocenters. The Morgan fingerprint density at radius 1 is 1.33 bits per heavy atom. The van der Waals surface area contributed by atoms with Crippen LogP contribution >= 0.6 is 35.0 Å². The lowest BCUT2D eigenvalue weighted by atomic mass is 10.2. The number of aromatic nitrogens is 3. The van der Waals surface area contributed by atoms with Crippen molar-refractivity contribution in [3.05, 3.63) is 10.4 Å². The fraction of sp³-hybridized carbons (Fsp3) is 0.625. The number of thioether (sulfide) groups is 1. The van der Waals surface area contributed by atoms with E-state index in [9.17, 15) is 0 Å². The van der Waals surface area contributed by atoms with Crippen molar-refractivity contribution in [2.45, 2.75) is 17.7 Å². The molecule has 3 heterocycles. The minimum absolute atomic E-state index is 0.157. The van der Waals surface area contributed by atoms with Gasteiger partial charge in [0.25, 0.3) is 0 Å². The number of hydrogen-bond acceptors (Lipinski definition) is 5. The normalized spacial score (nSPS) is 28.8. The van der Waals surface area contributed by atoms with Crippen molar-refractivity contribution >= 4 is 40.8 Å². The van der Waals surface area contributed by atoms with Gasteiger partial charge in [0.1, 0.15) is 0 Å². The predicted octanol–water partition coefficient (Wildman–Crippen LogP) is 1.87. The van der Waals surface area contributed by atoms with Crippen LogP contribution in [-0.2, 0) is 0 Å². The molecular weight excluding hydrogens is 255 g/mol. The zero-order valence-electron chi connectivity index (χ0n) is 7.73. The Balaban J connectivity index is 1.96. The molecule has 4 nitrogen and oxygen atoms in total. The summed E-state index contributed by atoms with van der Waals surface area (Å²) in [4.78, 5) is 6.35. The van der Waals surface area contributed by atoms with E-state index in [0.29, 0.717) is 22.3 Å². The molecule has 15 heavy (non-hydrogen) atoms. The number of anilines is 1. The van der Waals surface area contributed by atoms with Crippen LogP contribution in [0.3, 0.4) is 0 Å². The molecule has 0 spiro atoms. The van der Waals surface area contributed by atoms with Gasteiger partial charge in [0.05, 0.1) is 0 Å². The summed E-state index contributed by atoms with van der Waals surface area (Å²) in [5.74, 6) is 1.83. The van der Waals surface area contributed by atoms with Crippen LogP contribution in [0.1, 0.15) is 6.42 Å². The molecule has 0 N–H and O–H groups in total. The van der Waals surface area contributed by atoms with E-state index in [-0.39, 0.29) is 5.28 Å². The van der Waals surface area contributed by atoms with Gasteiger partial charge in [-0.1, -0.05) is 11.6 Å². The van der Waals surface area contributed by atoms with E-state index < -0.39 is 0 Å². The zero-order valence-corrected chi connectivity index (χ0v) is 10.1. The second-order valence-corrected chi connectivity index (χ2v) is 5.72. The molecule has 2 aliphatic heterocycles. The standard InChI is InChI=1S/C8H8Cl2N4S/c9-6-7(11-8(10)13-12-6)14-2-5-1-4(14)3-15-5/h4-5H,1-3H2. The summed E-state index contributed by atoms with van der Waals surface area (Å²) < 4.78 is 0. The van der Waals surface area contributed by atoms with Gasteiger partial charge in [-0.2, -0.15) is 16.7 Å². The topological polar surface area (TPSA) is 41.9 Å². The summed E-state index contributed by atoms with van der Waals surface area (Å²) in [5.41, 5.74) is 0. The fourth-order valence-electron chi connectivity index (χ4n) is 2.13. The fourth-order valence-corrected chi connectivity index (χ4v) is 3.87. The monoisotopic (exact) mass is 262 g/mol. The molecule has 80 valence electrons. The van der Waals surface area contributed by atoms with Crippen LogP contribution in [0.25, 0.3) is 0 Å².